The molecule has 0 aliphatic rings. The minimum absolute atomic E-state index is 0. The maximum Gasteiger partial charge on any atom is 3.00 e. The third kappa shape index (κ3) is 62.5. The Labute approximate surface area is 92.5 Å². The van der Waals surface area contributed by atoms with Crippen LogP contribution >= 0.6 is 0 Å². The van der Waals surface area contributed by atoms with Gasteiger partial charge >= 0.3 is 36.2 Å². The third-order valence-electron chi connectivity index (χ3n) is 0. The van der Waals surface area contributed by atoms with Gasteiger partial charge in [0.25, 0.3) is 0 Å². The monoisotopic (exact) mass is 190 g/mol. The zero-order valence-corrected chi connectivity index (χ0v) is 7.27. The van der Waals surface area contributed by atoms with Crippen LogP contribution in [-0.2, 0) is 0 Å². The number of hydrogen-bond donors (Lipinski definition) is 0. The molecule has 0 saturated heterocycles. The van der Waals surface area contributed by atoms with Gasteiger partial charge in [-0.05, 0) is 0 Å². The van der Waals surface area contributed by atoms with Crippen molar-refractivity contribution in [2.75, 3.05) is 0 Å². The van der Waals surface area contributed by atoms with Crippen molar-refractivity contribution in [1.29, 1.82) is 0 Å². The van der Waals surface area contributed by atoms with E-state index in [1.807, 2.05) is 0 Å². The van der Waals surface area contributed by atoms with Crippen LogP contribution in [0.1, 0.15) is 7.43 Å². The minimum atomic E-state index is 0. The molecule has 0 saturated carbocycles. The van der Waals surface area contributed by atoms with Crippen molar-refractivity contribution in [3.8, 4) is 0 Å². The molecule has 0 aromatic heterocycles. The summed E-state index contributed by atoms with van der Waals surface area (Å²) in [6.07, 6.45) is 0. The molecule has 0 heterocycles. The van der Waals surface area contributed by atoms with E-state index in [0.717, 1.165) is 0 Å². The van der Waals surface area contributed by atoms with Gasteiger partial charge in [-0.25, -0.2) is 0 Å². The molecule has 6 heteroatoms. The van der Waals surface area contributed by atoms with Crippen LogP contribution in [0.3, 0.4) is 0 Å². The van der Waals surface area contributed by atoms with Crippen molar-refractivity contribution >= 4 is 17.4 Å². The molecule has 0 unspecified atom stereocenters. The van der Waals surface area contributed by atoms with E-state index >= 15 is 0 Å². The maximum absolute atomic E-state index is 0. The van der Waals surface area contributed by atoms with Gasteiger partial charge in [-0.3, -0.25) is 0 Å². The first kappa shape index (κ1) is 122. The molecule has 0 aromatic rings. The van der Waals surface area contributed by atoms with Crippen LogP contribution < -0.4 is 68.5 Å². The smallest absolute Gasteiger partial charge is 1.00 e. The molecule has 0 bridgehead atoms. The Balaban J connectivity index is 0. The summed E-state index contributed by atoms with van der Waals surface area (Å²) in [5, 5.41) is 0. The summed E-state index contributed by atoms with van der Waals surface area (Å²) in [6, 6.07) is 0. The van der Waals surface area contributed by atoms with Crippen LogP contribution in [0.25, 0.3) is 0 Å². The first-order valence-corrected chi connectivity index (χ1v) is 0. The Morgan fingerprint density at radius 3 is 0.571 bits per heavy atom. The van der Waals surface area contributed by atoms with Crippen molar-refractivity contribution in [1.82, 2.24) is 0 Å². The Hall–Kier alpha value is 2.29. The summed E-state index contributed by atoms with van der Waals surface area (Å²) >= 11 is 0. The molecule has 0 aliphatic heterocycles. The van der Waals surface area contributed by atoms with Gasteiger partial charge in [-0.15, -0.1) is 0 Å². The molecular weight excluding hydrogens is 188 g/mol. The number of hydrogen-bond acceptors (Lipinski definition) is 0. The van der Waals surface area contributed by atoms with E-state index in [4.69, 9.17) is 0 Å². The van der Waals surface area contributed by atoms with Crippen LogP contribution in [0.5, 0.6) is 0 Å². The van der Waals surface area contributed by atoms with E-state index < -0.39 is 0 Å². The fraction of sp³-hybridized carbons (Fsp3) is 1.00. The molecule has 0 nitrogen and oxygen atoms in total. The second-order valence-electron chi connectivity index (χ2n) is 0. The minimum Gasteiger partial charge on any atom is -1.00 e. The third-order valence-corrected chi connectivity index (χ3v) is 0. The van der Waals surface area contributed by atoms with E-state index in [0.29, 0.717) is 0 Å². The van der Waals surface area contributed by atoms with Crippen LogP contribution in [0.2, 0.25) is 0 Å². The van der Waals surface area contributed by atoms with Crippen molar-refractivity contribution < 1.29 is 68.5 Å². The molecule has 0 aromatic carbocycles. The van der Waals surface area contributed by atoms with Crippen molar-refractivity contribution in [2.45, 2.75) is 7.43 Å². The van der Waals surface area contributed by atoms with Gasteiger partial charge in [0.15, 0.2) is 0 Å². The fourth-order valence-corrected chi connectivity index (χ4v) is 0. The van der Waals surface area contributed by atoms with E-state index in [1.54, 1.807) is 0 Å². The number of halogens is 4. The Bertz CT molecular complexity index is 11.7. The summed E-state index contributed by atoms with van der Waals surface area (Å²) in [4.78, 5) is 0. The predicted octanol–water partition coefficient (Wildman–Crippen LogP) is -14.7. The van der Waals surface area contributed by atoms with Gasteiger partial charge in [0.05, 0.1) is 0 Å². The Morgan fingerprint density at radius 1 is 0.571 bits per heavy atom. The zero-order valence-electron chi connectivity index (χ0n) is 3.09. The second-order valence-corrected chi connectivity index (χ2v) is 0. The molecule has 0 N–H and O–H groups in total. The summed E-state index contributed by atoms with van der Waals surface area (Å²) < 4.78 is 0. The van der Waals surface area contributed by atoms with Crippen molar-refractivity contribution in [3.05, 3.63) is 0 Å². The van der Waals surface area contributed by atoms with Gasteiger partial charge in [0.2, 0.25) is 0 Å². The van der Waals surface area contributed by atoms with Crippen molar-refractivity contribution in [2.24, 2.45) is 0 Å². The largest absolute Gasteiger partial charge is 3.00 e. The Morgan fingerprint density at radius 2 is 0.571 bits per heavy atom. The summed E-state index contributed by atoms with van der Waals surface area (Å²) in [5.74, 6) is 0. The van der Waals surface area contributed by atoms with E-state index in [9.17, 15) is 0 Å². The summed E-state index contributed by atoms with van der Waals surface area (Å²) in [7, 11) is 0. The normalized spacial score (nSPS) is 0. The Kier molecular flexibility index (Phi) is 1460. The molecule has 0 amide bonds. The van der Waals surface area contributed by atoms with E-state index in [1.165, 1.54) is 0 Å². The van der Waals surface area contributed by atoms with Gasteiger partial charge in [0, 0.05) is 0 Å². The van der Waals surface area contributed by atoms with Gasteiger partial charge in [-0.2, -0.15) is 0 Å². The van der Waals surface area contributed by atoms with Gasteiger partial charge in [0.1, 0.15) is 0 Å². The molecule has 0 fully saturated rings. The maximum atomic E-state index is 0. The standard InChI is InChI=1S/CH4.Al.4ClH.Li/h1H4;;4*1H;/q;+3;;;;;+1/p-4. The average molecular weight is 192 g/mol. The van der Waals surface area contributed by atoms with Gasteiger partial charge < -0.3 is 49.6 Å². The zero-order chi connectivity index (χ0) is 0. The quantitative estimate of drug-likeness (QED) is 0.334. The summed E-state index contributed by atoms with van der Waals surface area (Å²) in [6.45, 7) is 0. The van der Waals surface area contributed by atoms with Gasteiger partial charge in [-0.1, -0.05) is 7.43 Å². The number of rotatable bonds is 0. The second kappa shape index (κ2) is 84.0. The van der Waals surface area contributed by atoms with Crippen LogP contribution in [0.15, 0.2) is 0 Å². The first-order valence-electron chi connectivity index (χ1n) is 0. The topological polar surface area (TPSA) is 0 Å². The predicted molar refractivity (Wildman–Crippen MR) is 12.5 cm³/mol. The van der Waals surface area contributed by atoms with Crippen LogP contribution in [0.4, 0.5) is 0 Å². The van der Waals surface area contributed by atoms with Crippen LogP contribution in [-0.4, -0.2) is 17.4 Å². The molecule has 7 heavy (non-hydrogen) atoms. The van der Waals surface area contributed by atoms with E-state index in [2.05, 4.69) is 0 Å². The molecule has 40 valence electrons. The molecule has 0 rings (SSSR count). The molecule has 0 spiro atoms. The van der Waals surface area contributed by atoms with Crippen LogP contribution in [0, 0.1) is 0 Å². The molecule has 0 radical (unpaired) electrons. The first-order chi connectivity index (χ1) is 0. The molecule has 0 atom stereocenters. The summed E-state index contributed by atoms with van der Waals surface area (Å²) in [5.41, 5.74) is 0. The van der Waals surface area contributed by atoms with E-state index in [-0.39, 0.29) is 93.3 Å². The fourth-order valence-electron chi connectivity index (χ4n) is 0. The molecular formula is CH4AlCl4Li. The SMILES string of the molecule is C.[Al+3].[Cl-].[Cl-].[Cl-].[Cl-].[Li+]. The van der Waals surface area contributed by atoms with Crippen molar-refractivity contribution in [3.63, 3.8) is 0 Å². The molecule has 0 aliphatic carbocycles. The average Bonchev–Trinajstić information content (AvgIpc) is 0.